The maximum absolute atomic E-state index is 12.5. The van der Waals surface area contributed by atoms with Gasteiger partial charge in [-0.3, -0.25) is 0 Å². The van der Waals surface area contributed by atoms with E-state index < -0.39 is 10.0 Å². The first-order chi connectivity index (χ1) is 9.57. The average molecular weight is 312 g/mol. The number of imidazole rings is 1. The number of piperidine rings is 1. The van der Waals surface area contributed by atoms with Gasteiger partial charge in [-0.15, -0.1) is 11.3 Å². The van der Waals surface area contributed by atoms with E-state index in [1.54, 1.807) is 35.3 Å². The van der Waals surface area contributed by atoms with Gasteiger partial charge in [-0.25, -0.2) is 18.4 Å². The highest BCUT2D eigenvalue weighted by Crippen LogP contribution is 2.30. The maximum Gasteiger partial charge on any atom is 0.262 e. The van der Waals surface area contributed by atoms with E-state index in [9.17, 15) is 8.42 Å². The van der Waals surface area contributed by atoms with Crippen LogP contribution in [0.4, 0.5) is 0 Å². The summed E-state index contributed by atoms with van der Waals surface area (Å²) in [6.45, 7) is 1.05. The highest BCUT2D eigenvalue weighted by molar-refractivity contribution is 7.89. The third-order valence-corrected chi connectivity index (χ3v) is 6.16. The summed E-state index contributed by atoms with van der Waals surface area (Å²) >= 11 is 1.59. The van der Waals surface area contributed by atoms with Crippen molar-refractivity contribution in [2.24, 2.45) is 7.05 Å². The molecule has 0 N–H and O–H groups in total. The fraction of sp³-hybridized carbons (Fsp3) is 0.500. The molecule has 1 aliphatic rings. The molecular formula is C12H16N4O2S2. The first kappa shape index (κ1) is 13.7. The van der Waals surface area contributed by atoms with Gasteiger partial charge in [0.05, 0.1) is 11.3 Å². The normalized spacial score (nSPS) is 21.1. The van der Waals surface area contributed by atoms with Gasteiger partial charge in [-0.2, -0.15) is 4.31 Å². The van der Waals surface area contributed by atoms with Crippen molar-refractivity contribution in [2.75, 3.05) is 13.1 Å². The highest BCUT2D eigenvalue weighted by Gasteiger charge is 2.32. The van der Waals surface area contributed by atoms with Crippen LogP contribution < -0.4 is 0 Å². The summed E-state index contributed by atoms with van der Waals surface area (Å²) in [6, 6.07) is 0. The number of thiazole rings is 1. The SMILES string of the molecule is Cn1cnc(S(=O)(=O)N2CCCC(c3nccs3)C2)c1. The number of nitrogens with zero attached hydrogens (tertiary/aromatic N) is 4. The minimum atomic E-state index is -3.49. The summed E-state index contributed by atoms with van der Waals surface area (Å²) in [6.07, 6.45) is 6.67. The van der Waals surface area contributed by atoms with Crippen LogP contribution in [-0.4, -0.2) is 40.3 Å². The summed E-state index contributed by atoms with van der Waals surface area (Å²) in [5, 5.41) is 3.08. The first-order valence-corrected chi connectivity index (χ1v) is 8.77. The fourth-order valence-corrected chi connectivity index (χ4v) is 4.71. The fourth-order valence-electron chi connectivity index (χ4n) is 2.45. The van der Waals surface area contributed by atoms with E-state index in [0.717, 1.165) is 17.8 Å². The first-order valence-electron chi connectivity index (χ1n) is 6.45. The van der Waals surface area contributed by atoms with Gasteiger partial charge < -0.3 is 4.57 Å². The monoisotopic (exact) mass is 312 g/mol. The Bertz CT molecular complexity index is 678. The average Bonchev–Trinajstić information content (AvgIpc) is 3.10. The predicted octanol–water partition coefficient (Wildman–Crippen LogP) is 1.44. The maximum atomic E-state index is 12.5. The van der Waals surface area contributed by atoms with Gasteiger partial charge in [-0.1, -0.05) is 0 Å². The Labute approximate surface area is 122 Å². The van der Waals surface area contributed by atoms with Crippen molar-refractivity contribution in [3.63, 3.8) is 0 Å². The summed E-state index contributed by atoms with van der Waals surface area (Å²) in [5.74, 6) is 0.197. The number of sulfonamides is 1. The van der Waals surface area contributed by atoms with E-state index in [1.807, 2.05) is 5.38 Å². The van der Waals surface area contributed by atoms with Gasteiger partial charge >= 0.3 is 0 Å². The van der Waals surface area contributed by atoms with Crippen LogP contribution in [0.5, 0.6) is 0 Å². The third kappa shape index (κ3) is 2.50. The van der Waals surface area contributed by atoms with Gasteiger partial charge in [0.1, 0.15) is 0 Å². The Kier molecular flexibility index (Phi) is 3.61. The minimum Gasteiger partial charge on any atom is -0.339 e. The molecule has 1 saturated heterocycles. The molecule has 1 aliphatic heterocycles. The molecule has 0 aromatic carbocycles. The molecule has 0 spiro atoms. The van der Waals surface area contributed by atoms with Crippen molar-refractivity contribution in [1.82, 2.24) is 18.8 Å². The molecule has 1 fully saturated rings. The summed E-state index contributed by atoms with van der Waals surface area (Å²) < 4.78 is 28.3. The standard InChI is InChI=1S/C12H16N4O2S2/c1-15-8-11(14-9-15)20(17,18)16-5-2-3-10(7-16)12-13-4-6-19-12/h4,6,8-10H,2-3,5,7H2,1H3. The Morgan fingerprint density at radius 3 is 2.90 bits per heavy atom. The Hall–Kier alpha value is -1.25. The number of aromatic nitrogens is 3. The lowest BCUT2D eigenvalue weighted by Crippen LogP contribution is -2.39. The summed E-state index contributed by atoms with van der Waals surface area (Å²) in [5.41, 5.74) is 0. The molecule has 2 aromatic heterocycles. The molecule has 0 radical (unpaired) electrons. The van der Waals surface area contributed by atoms with Gasteiger partial charge in [0, 0.05) is 43.8 Å². The lowest BCUT2D eigenvalue weighted by Gasteiger charge is -2.30. The van der Waals surface area contributed by atoms with Gasteiger partial charge in [0.2, 0.25) is 0 Å². The smallest absolute Gasteiger partial charge is 0.262 e. The van der Waals surface area contributed by atoms with Crippen LogP contribution in [0.25, 0.3) is 0 Å². The van der Waals surface area contributed by atoms with E-state index in [0.29, 0.717) is 13.1 Å². The Balaban J connectivity index is 1.83. The predicted molar refractivity (Wildman–Crippen MR) is 76.1 cm³/mol. The second kappa shape index (κ2) is 5.27. The Morgan fingerprint density at radius 1 is 1.40 bits per heavy atom. The Morgan fingerprint density at radius 2 is 2.25 bits per heavy atom. The van der Waals surface area contributed by atoms with Crippen LogP contribution in [0, 0.1) is 0 Å². The molecule has 108 valence electrons. The van der Waals surface area contributed by atoms with Crippen molar-refractivity contribution < 1.29 is 8.42 Å². The van der Waals surface area contributed by atoms with Crippen LogP contribution in [0.2, 0.25) is 0 Å². The molecule has 6 nitrogen and oxygen atoms in total. The second-order valence-electron chi connectivity index (χ2n) is 4.95. The number of hydrogen-bond donors (Lipinski definition) is 0. The van der Waals surface area contributed by atoms with Crippen LogP contribution in [-0.2, 0) is 17.1 Å². The van der Waals surface area contributed by atoms with Crippen LogP contribution in [0.15, 0.2) is 29.1 Å². The van der Waals surface area contributed by atoms with Crippen molar-refractivity contribution in [2.45, 2.75) is 23.8 Å². The molecule has 0 bridgehead atoms. The summed E-state index contributed by atoms with van der Waals surface area (Å²) in [4.78, 5) is 8.28. The van der Waals surface area contributed by atoms with E-state index in [1.165, 1.54) is 10.6 Å². The van der Waals surface area contributed by atoms with Crippen molar-refractivity contribution >= 4 is 21.4 Å². The topological polar surface area (TPSA) is 68.1 Å². The zero-order valence-electron chi connectivity index (χ0n) is 11.1. The van der Waals surface area contributed by atoms with Crippen molar-refractivity contribution in [3.05, 3.63) is 29.1 Å². The molecule has 3 heterocycles. The van der Waals surface area contributed by atoms with Crippen LogP contribution in [0.1, 0.15) is 23.8 Å². The molecule has 3 rings (SSSR count). The molecule has 0 amide bonds. The molecule has 8 heteroatoms. The molecule has 2 aromatic rings. The zero-order chi connectivity index (χ0) is 14.2. The minimum absolute atomic E-state index is 0.125. The van der Waals surface area contributed by atoms with Crippen molar-refractivity contribution in [1.29, 1.82) is 0 Å². The third-order valence-electron chi connectivity index (χ3n) is 3.47. The van der Waals surface area contributed by atoms with Gasteiger partial charge in [0.15, 0.2) is 5.03 Å². The molecule has 0 saturated carbocycles. The second-order valence-corrected chi connectivity index (χ2v) is 7.76. The number of hydrogen-bond acceptors (Lipinski definition) is 5. The van der Waals surface area contributed by atoms with Crippen molar-refractivity contribution in [3.8, 4) is 0 Å². The summed E-state index contributed by atoms with van der Waals surface area (Å²) in [7, 11) is -1.72. The van der Waals surface area contributed by atoms with Crippen LogP contribution in [0.3, 0.4) is 0 Å². The van der Waals surface area contributed by atoms with Gasteiger partial charge in [0.25, 0.3) is 10.0 Å². The van der Waals surface area contributed by atoms with E-state index in [2.05, 4.69) is 9.97 Å². The van der Waals surface area contributed by atoms with E-state index >= 15 is 0 Å². The number of rotatable bonds is 3. The number of aryl methyl sites for hydroxylation is 1. The lowest BCUT2D eigenvalue weighted by atomic mass is 10.0. The highest BCUT2D eigenvalue weighted by atomic mass is 32.2. The lowest BCUT2D eigenvalue weighted by molar-refractivity contribution is 0.314. The zero-order valence-corrected chi connectivity index (χ0v) is 12.8. The molecular weight excluding hydrogens is 296 g/mol. The molecule has 0 aliphatic carbocycles. The van der Waals surface area contributed by atoms with Gasteiger partial charge in [-0.05, 0) is 12.8 Å². The quantitative estimate of drug-likeness (QED) is 0.860. The molecule has 20 heavy (non-hydrogen) atoms. The van der Waals surface area contributed by atoms with Crippen LogP contribution >= 0.6 is 11.3 Å². The molecule has 1 atom stereocenters. The molecule has 1 unspecified atom stereocenters. The van der Waals surface area contributed by atoms with E-state index in [4.69, 9.17) is 0 Å². The largest absolute Gasteiger partial charge is 0.339 e. The van der Waals surface area contributed by atoms with E-state index in [-0.39, 0.29) is 10.9 Å².